The highest BCUT2D eigenvalue weighted by Gasteiger charge is 2.12. The summed E-state index contributed by atoms with van der Waals surface area (Å²) in [5.74, 6) is 0.917. The molecule has 1 heterocycles. The molecule has 0 saturated carbocycles. The van der Waals surface area contributed by atoms with Crippen molar-refractivity contribution in [2.24, 2.45) is 0 Å². The van der Waals surface area contributed by atoms with E-state index in [2.05, 4.69) is 34.5 Å². The highest BCUT2D eigenvalue weighted by atomic mass is 32.2. The van der Waals surface area contributed by atoms with Crippen LogP contribution in [0.25, 0.3) is 0 Å². The average molecular weight is 369 g/mol. The third kappa shape index (κ3) is 5.89. The zero-order valence-corrected chi connectivity index (χ0v) is 16.1. The van der Waals surface area contributed by atoms with Gasteiger partial charge in [-0.2, -0.15) is 0 Å². The number of carbonyl (C=O) groups excluding carboxylic acids is 1. The van der Waals surface area contributed by atoms with Gasteiger partial charge in [0.15, 0.2) is 0 Å². The van der Waals surface area contributed by atoms with Crippen LogP contribution in [-0.2, 0) is 5.75 Å². The van der Waals surface area contributed by atoms with Crippen LogP contribution in [0.15, 0.2) is 59.5 Å². The Morgan fingerprint density at radius 1 is 0.962 bits per heavy atom. The van der Waals surface area contributed by atoms with E-state index >= 15 is 0 Å². The minimum Gasteiger partial charge on any atom is -0.352 e. The van der Waals surface area contributed by atoms with E-state index in [0.29, 0.717) is 0 Å². The smallest absolute Gasteiger partial charge is 0.252 e. The zero-order valence-electron chi connectivity index (χ0n) is 15.3. The summed E-state index contributed by atoms with van der Waals surface area (Å²) in [5.41, 5.74) is 2.06. The number of hydrogen-bond donors (Lipinski definition) is 1. The monoisotopic (exact) mass is 368 g/mol. The van der Waals surface area contributed by atoms with Crippen LogP contribution in [0.5, 0.6) is 0 Å². The van der Waals surface area contributed by atoms with Gasteiger partial charge >= 0.3 is 0 Å². The molecule has 1 N–H and O–H groups in total. The number of nitrogens with zero attached hydrogens (tertiary/aromatic N) is 1. The number of hydrogen-bond acceptors (Lipinski definition) is 3. The summed E-state index contributed by atoms with van der Waals surface area (Å²) in [6.45, 7) is 4.26. The Kier molecular flexibility index (Phi) is 7.59. The van der Waals surface area contributed by atoms with Crippen LogP contribution < -0.4 is 5.32 Å². The van der Waals surface area contributed by atoms with E-state index in [9.17, 15) is 4.79 Å². The summed E-state index contributed by atoms with van der Waals surface area (Å²) in [7, 11) is 0. The third-order valence-corrected chi connectivity index (χ3v) is 5.90. The van der Waals surface area contributed by atoms with E-state index in [-0.39, 0.29) is 5.91 Å². The van der Waals surface area contributed by atoms with Gasteiger partial charge in [0.1, 0.15) is 0 Å². The largest absolute Gasteiger partial charge is 0.352 e. The molecule has 0 unspecified atom stereocenters. The van der Waals surface area contributed by atoms with Crippen molar-refractivity contribution in [3.63, 3.8) is 0 Å². The molecular weight excluding hydrogens is 340 g/mol. The molecule has 4 heteroatoms. The second-order valence-electron chi connectivity index (χ2n) is 6.78. The van der Waals surface area contributed by atoms with Crippen LogP contribution in [0.3, 0.4) is 0 Å². The van der Waals surface area contributed by atoms with E-state index in [0.717, 1.165) is 35.7 Å². The van der Waals surface area contributed by atoms with E-state index in [1.165, 1.54) is 37.9 Å². The number of rotatable bonds is 8. The van der Waals surface area contributed by atoms with Gasteiger partial charge in [0.2, 0.25) is 0 Å². The summed E-state index contributed by atoms with van der Waals surface area (Å²) in [6.07, 6.45) is 5.02. The van der Waals surface area contributed by atoms with Gasteiger partial charge in [0, 0.05) is 17.2 Å². The first kappa shape index (κ1) is 19.0. The van der Waals surface area contributed by atoms with Gasteiger partial charge in [-0.1, -0.05) is 48.9 Å². The molecule has 0 radical (unpaired) electrons. The molecule has 1 aliphatic heterocycles. The molecule has 1 amide bonds. The molecule has 3 rings (SSSR count). The van der Waals surface area contributed by atoms with Gasteiger partial charge in [-0.15, -0.1) is 11.8 Å². The number of amides is 1. The normalized spacial score (nSPS) is 14.9. The van der Waals surface area contributed by atoms with Crippen molar-refractivity contribution >= 4 is 17.7 Å². The standard InChI is InChI=1S/C22H28N2OS/c25-22(23-14-9-17-24-15-7-2-8-16-24)20-12-5-6-13-21(20)26-18-19-10-3-1-4-11-19/h1,3-6,10-13H,2,7-9,14-18H2,(H,23,25). The first-order valence-corrected chi connectivity index (χ1v) is 10.6. The molecule has 2 aromatic rings. The topological polar surface area (TPSA) is 32.3 Å². The molecule has 0 aliphatic carbocycles. The van der Waals surface area contributed by atoms with Gasteiger partial charge in [0.25, 0.3) is 5.91 Å². The molecule has 1 fully saturated rings. The molecular formula is C22H28N2OS. The van der Waals surface area contributed by atoms with Gasteiger partial charge < -0.3 is 10.2 Å². The number of thioether (sulfide) groups is 1. The summed E-state index contributed by atoms with van der Waals surface area (Å²) in [5, 5.41) is 3.10. The van der Waals surface area contributed by atoms with Crippen molar-refractivity contribution < 1.29 is 4.79 Å². The molecule has 0 atom stereocenters. The quantitative estimate of drug-likeness (QED) is 0.546. The predicted molar refractivity (Wildman–Crippen MR) is 110 cm³/mol. The van der Waals surface area contributed by atoms with Gasteiger partial charge in [-0.3, -0.25) is 4.79 Å². The predicted octanol–water partition coefficient (Wildman–Crippen LogP) is 4.58. The van der Waals surface area contributed by atoms with Crippen molar-refractivity contribution in [2.75, 3.05) is 26.2 Å². The lowest BCUT2D eigenvalue weighted by Gasteiger charge is -2.26. The van der Waals surface area contributed by atoms with Crippen LogP contribution in [0.2, 0.25) is 0 Å². The summed E-state index contributed by atoms with van der Waals surface area (Å²) >= 11 is 1.72. The number of nitrogens with one attached hydrogen (secondary N) is 1. The van der Waals surface area contributed by atoms with Crippen LogP contribution in [0, 0.1) is 0 Å². The highest BCUT2D eigenvalue weighted by Crippen LogP contribution is 2.26. The molecule has 26 heavy (non-hydrogen) atoms. The molecule has 138 valence electrons. The van der Waals surface area contributed by atoms with Crippen molar-refractivity contribution in [3.8, 4) is 0 Å². The van der Waals surface area contributed by atoms with Crippen molar-refractivity contribution in [3.05, 3.63) is 65.7 Å². The lowest BCUT2D eigenvalue weighted by molar-refractivity contribution is 0.0948. The number of likely N-dealkylation sites (tertiary alicyclic amines) is 1. The highest BCUT2D eigenvalue weighted by molar-refractivity contribution is 7.98. The molecule has 2 aromatic carbocycles. The van der Waals surface area contributed by atoms with Crippen LogP contribution in [-0.4, -0.2) is 37.0 Å². The van der Waals surface area contributed by atoms with E-state index in [1.807, 2.05) is 30.3 Å². The first-order valence-electron chi connectivity index (χ1n) is 9.59. The number of carbonyl (C=O) groups is 1. The molecule has 0 spiro atoms. The molecule has 0 aromatic heterocycles. The van der Waals surface area contributed by atoms with Gasteiger partial charge in [-0.05, 0) is 56.6 Å². The maximum atomic E-state index is 12.6. The van der Waals surface area contributed by atoms with Crippen LogP contribution in [0.1, 0.15) is 41.6 Å². The Bertz CT molecular complexity index is 684. The second-order valence-corrected chi connectivity index (χ2v) is 7.80. The SMILES string of the molecule is O=C(NCCCN1CCCCC1)c1ccccc1SCc1ccccc1. The fourth-order valence-corrected chi connectivity index (χ4v) is 4.30. The maximum absolute atomic E-state index is 12.6. The van der Waals surface area contributed by atoms with Crippen LogP contribution >= 0.6 is 11.8 Å². The maximum Gasteiger partial charge on any atom is 0.252 e. The van der Waals surface area contributed by atoms with Gasteiger partial charge in [-0.25, -0.2) is 0 Å². The second kappa shape index (κ2) is 10.4. The summed E-state index contributed by atoms with van der Waals surface area (Å²) in [4.78, 5) is 16.1. The van der Waals surface area contributed by atoms with E-state index in [1.54, 1.807) is 11.8 Å². The number of benzene rings is 2. The average Bonchev–Trinajstić information content (AvgIpc) is 2.71. The van der Waals surface area contributed by atoms with E-state index < -0.39 is 0 Å². The van der Waals surface area contributed by atoms with Crippen molar-refractivity contribution in [1.29, 1.82) is 0 Å². The lowest BCUT2D eigenvalue weighted by atomic mass is 10.1. The minimum atomic E-state index is 0.0415. The van der Waals surface area contributed by atoms with Crippen molar-refractivity contribution in [2.45, 2.75) is 36.3 Å². The fraction of sp³-hybridized carbons (Fsp3) is 0.409. The summed E-state index contributed by atoms with van der Waals surface area (Å²) in [6, 6.07) is 18.3. The Morgan fingerprint density at radius 2 is 1.69 bits per heavy atom. The Labute approximate surface area is 161 Å². The summed E-state index contributed by atoms with van der Waals surface area (Å²) < 4.78 is 0. The lowest BCUT2D eigenvalue weighted by Crippen LogP contribution is -2.33. The third-order valence-electron chi connectivity index (χ3n) is 4.75. The molecule has 0 bridgehead atoms. The molecule has 3 nitrogen and oxygen atoms in total. The van der Waals surface area contributed by atoms with Gasteiger partial charge in [0.05, 0.1) is 5.56 Å². The zero-order chi connectivity index (χ0) is 18.0. The van der Waals surface area contributed by atoms with Crippen molar-refractivity contribution in [1.82, 2.24) is 10.2 Å². The molecule has 1 aliphatic rings. The van der Waals surface area contributed by atoms with Crippen LogP contribution in [0.4, 0.5) is 0 Å². The Hall–Kier alpha value is -1.78. The Balaban J connectivity index is 1.47. The Morgan fingerprint density at radius 3 is 2.50 bits per heavy atom. The fourth-order valence-electron chi connectivity index (χ4n) is 3.30. The van der Waals surface area contributed by atoms with E-state index in [4.69, 9.17) is 0 Å². The first-order chi connectivity index (χ1) is 12.8. The minimum absolute atomic E-state index is 0.0415. The number of piperidine rings is 1. The molecule has 1 saturated heterocycles.